The highest BCUT2D eigenvalue weighted by atomic mass is 32.2. The van der Waals surface area contributed by atoms with Gasteiger partial charge in [-0.05, 0) is 43.3 Å². The minimum absolute atomic E-state index is 0.153. The molecule has 7 nitrogen and oxygen atoms in total. The second kappa shape index (κ2) is 10.9. The molecule has 0 aliphatic heterocycles. The van der Waals surface area contributed by atoms with E-state index in [0.29, 0.717) is 23.0 Å². The van der Waals surface area contributed by atoms with Crippen LogP contribution in [0.5, 0.6) is 5.75 Å². The SMILES string of the molecule is CCCCCN(C(=O)C(C)c1ccc(OC)c(N=S(=O)=O)c1)C(=S)NC. The number of nitrogens with zero attached hydrogens (tertiary/aromatic N) is 2. The van der Waals surface area contributed by atoms with E-state index < -0.39 is 16.4 Å². The monoisotopic (exact) mass is 399 g/mol. The van der Waals surface area contributed by atoms with Crippen molar-refractivity contribution in [3.63, 3.8) is 0 Å². The minimum Gasteiger partial charge on any atom is -0.494 e. The van der Waals surface area contributed by atoms with Crippen molar-refractivity contribution in [2.24, 2.45) is 4.36 Å². The smallest absolute Gasteiger partial charge is 0.316 e. The molecule has 1 N–H and O–H groups in total. The van der Waals surface area contributed by atoms with Gasteiger partial charge in [0.25, 0.3) is 0 Å². The van der Waals surface area contributed by atoms with Gasteiger partial charge in [-0.25, -0.2) is 0 Å². The first kappa shape index (κ1) is 22.0. The molecule has 0 aliphatic carbocycles. The summed E-state index contributed by atoms with van der Waals surface area (Å²) in [5.74, 6) is -0.342. The summed E-state index contributed by atoms with van der Waals surface area (Å²) in [6.07, 6.45) is 2.90. The summed E-state index contributed by atoms with van der Waals surface area (Å²) >= 11 is 5.27. The Morgan fingerprint density at radius 2 is 2.08 bits per heavy atom. The summed E-state index contributed by atoms with van der Waals surface area (Å²) in [5, 5.41) is 3.22. The molecule has 144 valence electrons. The molecule has 0 heterocycles. The maximum atomic E-state index is 12.9. The predicted molar refractivity (Wildman–Crippen MR) is 105 cm³/mol. The molecular formula is C17H25N3O4S2. The molecule has 1 aromatic rings. The molecule has 0 bridgehead atoms. The first-order chi connectivity index (χ1) is 12.3. The summed E-state index contributed by atoms with van der Waals surface area (Å²) in [6.45, 7) is 4.38. The molecule has 1 atom stereocenters. The zero-order valence-corrected chi connectivity index (χ0v) is 17.1. The Hall–Kier alpha value is -2.00. The Kier molecular flexibility index (Phi) is 9.22. The van der Waals surface area contributed by atoms with Gasteiger partial charge in [0.05, 0.1) is 13.0 Å². The molecule has 0 fully saturated rings. The standard InChI is InChI=1S/C17H25N3O4S2/c1-5-6-7-10-20(17(25)18-3)16(21)12(2)13-8-9-15(24-4)14(11-13)19-26(22)23/h8-9,11-12H,5-7,10H2,1-4H3,(H,18,25). The van der Waals surface area contributed by atoms with E-state index in [2.05, 4.69) is 16.6 Å². The number of nitrogens with one attached hydrogen (secondary N) is 1. The lowest BCUT2D eigenvalue weighted by Crippen LogP contribution is -2.44. The van der Waals surface area contributed by atoms with Crippen LogP contribution in [0.4, 0.5) is 5.69 Å². The van der Waals surface area contributed by atoms with E-state index >= 15 is 0 Å². The fraction of sp³-hybridized carbons (Fsp3) is 0.529. The molecule has 0 aromatic heterocycles. The molecule has 0 radical (unpaired) electrons. The highest BCUT2D eigenvalue weighted by Crippen LogP contribution is 2.31. The Labute approximate surface area is 161 Å². The van der Waals surface area contributed by atoms with Crippen molar-refractivity contribution in [1.82, 2.24) is 10.2 Å². The van der Waals surface area contributed by atoms with Gasteiger partial charge in [0.15, 0.2) is 5.11 Å². The third-order valence-corrected chi connectivity index (χ3v) is 4.73. The van der Waals surface area contributed by atoms with E-state index in [9.17, 15) is 13.2 Å². The van der Waals surface area contributed by atoms with Crippen LogP contribution in [0.1, 0.15) is 44.6 Å². The molecule has 0 aliphatic rings. The van der Waals surface area contributed by atoms with Gasteiger partial charge in [-0.2, -0.15) is 8.42 Å². The molecular weight excluding hydrogens is 374 g/mol. The Morgan fingerprint density at radius 1 is 1.38 bits per heavy atom. The van der Waals surface area contributed by atoms with Gasteiger partial charge < -0.3 is 10.1 Å². The van der Waals surface area contributed by atoms with Crippen molar-refractivity contribution < 1.29 is 17.9 Å². The Morgan fingerprint density at radius 3 is 2.62 bits per heavy atom. The van der Waals surface area contributed by atoms with Crippen LogP contribution in [0.15, 0.2) is 22.6 Å². The topological polar surface area (TPSA) is 88.1 Å². The summed E-state index contributed by atoms with van der Waals surface area (Å²) < 4.78 is 30.5. The quantitative estimate of drug-likeness (QED) is 0.534. The third kappa shape index (κ3) is 6.06. The van der Waals surface area contributed by atoms with Crippen molar-refractivity contribution in [2.75, 3.05) is 20.7 Å². The van der Waals surface area contributed by atoms with Gasteiger partial charge in [0.2, 0.25) is 5.91 Å². The number of thiocarbonyl (C=S) groups is 1. The van der Waals surface area contributed by atoms with E-state index in [1.807, 2.05) is 0 Å². The number of carbonyl (C=O) groups is 1. The lowest BCUT2D eigenvalue weighted by molar-refractivity contribution is -0.128. The number of benzene rings is 1. The van der Waals surface area contributed by atoms with Gasteiger partial charge in [-0.15, -0.1) is 4.36 Å². The van der Waals surface area contributed by atoms with E-state index in [0.717, 1.165) is 19.3 Å². The maximum absolute atomic E-state index is 12.9. The largest absolute Gasteiger partial charge is 0.494 e. The number of amides is 1. The van der Waals surface area contributed by atoms with Crippen LogP contribution >= 0.6 is 12.2 Å². The lowest BCUT2D eigenvalue weighted by atomic mass is 9.98. The van der Waals surface area contributed by atoms with Crippen LogP contribution in [-0.2, 0) is 15.3 Å². The Bertz CT molecular complexity index is 770. The van der Waals surface area contributed by atoms with Crippen LogP contribution in [0, 0.1) is 0 Å². The van der Waals surface area contributed by atoms with Gasteiger partial charge >= 0.3 is 10.5 Å². The van der Waals surface area contributed by atoms with E-state index in [1.54, 1.807) is 37.1 Å². The van der Waals surface area contributed by atoms with Gasteiger partial charge in [0.1, 0.15) is 11.4 Å². The number of hydrogen-bond donors (Lipinski definition) is 1. The highest BCUT2D eigenvalue weighted by molar-refractivity contribution is 7.80. The van der Waals surface area contributed by atoms with Crippen LogP contribution in [0.25, 0.3) is 0 Å². The van der Waals surface area contributed by atoms with Crippen molar-refractivity contribution >= 4 is 39.4 Å². The average Bonchev–Trinajstić information content (AvgIpc) is 2.63. The van der Waals surface area contributed by atoms with Crippen LogP contribution in [0.2, 0.25) is 0 Å². The number of hydrogen-bond acceptors (Lipinski definition) is 6. The number of ether oxygens (including phenoxy) is 1. The van der Waals surface area contributed by atoms with Crippen LogP contribution in [-0.4, -0.2) is 45.0 Å². The van der Waals surface area contributed by atoms with Crippen molar-refractivity contribution in [2.45, 2.75) is 39.0 Å². The van der Waals surface area contributed by atoms with E-state index in [4.69, 9.17) is 17.0 Å². The normalized spacial score (nSPS) is 11.4. The van der Waals surface area contributed by atoms with Gasteiger partial charge in [-0.3, -0.25) is 9.69 Å². The summed E-state index contributed by atoms with van der Waals surface area (Å²) in [5.41, 5.74) is 0.797. The second-order valence-electron chi connectivity index (χ2n) is 5.71. The predicted octanol–water partition coefficient (Wildman–Crippen LogP) is 3.02. The fourth-order valence-electron chi connectivity index (χ4n) is 2.47. The van der Waals surface area contributed by atoms with Gasteiger partial charge in [0, 0.05) is 13.6 Å². The minimum atomic E-state index is -2.61. The number of unbranched alkanes of at least 4 members (excludes halogenated alkanes) is 2. The number of carbonyl (C=O) groups excluding carboxylic acids is 1. The van der Waals surface area contributed by atoms with Crippen LogP contribution < -0.4 is 10.1 Å². The number of methoxy groups -OCH3 is 1. The molecule has 1 aromatic carbocycles. The van der Waals surface area contributed by atoms with Crippen molar-refractivity contribution in [1.29, 1.82) is 0 Å². The van der Waals surface area contributed by atoms with Crippen molar-refractivity contribution in [3.8, 4) is 5.75 Å². The fourth-order valence-corrected chi connectivity index (χ4v) is 2.96. The van der Waals surface area contributed by atoms with E-state index in [1.165, 1.54) is 7.11 Å². The van der Waals surface area contributed by atoms with E-state index in [-0.39, 0.29) is 11.6 Å². The molecule has 0 saturated carbocycles. The summed E-state index contributed by atoms with van der Waals surface area (Å²) in [6, 6.07) is 4.87. The molecule has 1 amide bonds. The first-order valence-corrected chi connectivity index (χ1v) is 9.81. The summed E-state index contributed by atoms with van der Waals surface area (Å²) in [7, 11) is 0.495. The van der Waals surface area contributed by atoms with Gasteiger partial charge in [-0.1, -0.05) is 25.8 Å². The number of rotatable bonds is 8. The molecule has 0 spiro atoms. The molecule has 0 saturated heterocycles. The summed E-state index contributed by atoms with van der Waals surface area (Å²) in [4.78, 5) is 14.5. The molecule has 9 heteroatoms. The third-order valence-electron chi connectivity index (χ3n) is 3.96. The maximum Gasteiger partial charge on any atom is 0.316 e. The second-order valence-corrected chi connectivity index (χ2v) is 6.72. The lowest BCUT2D eigenvalue weighted by Gasteiger charge is -2.26. The molecule has 1 unspecified atom stereocenters. The first-order valence-electron chi connectivity index (χ1n) is 8.37. The van der Waals surface area contributed by atoms with Crippen LogP contribution in [0.3, 0.4) is 0 Å². The molecule has 1 rings (SSSR count). The Balaban J connectivity index is 3.14. The highest BCUT2D eigenvalue weighted by Gasteiger charge is 2.25. The van der Waals surface area contributed by atoms with Crippen molar-refractivity contribution in [3.05, 3.63) is 23.8 Å². The zero-order chi connectivity index (χ0) is 19.7. The molecule has 26 heavy (non-hydrogen) atoms. The average molecular weight is 400 g/mol. The zero-order valence-electron chi connectivity index (χ0n) is 15.5.